The number of nitrogens with one attached hydrogen (secondary N) is 2. The first-order chi connectivity index (χ1) is 12.7. The molecule has 2 aromatic rings. The second-order valence-electron chi connectivity index (χ2n) is 6.36. The van der Waals surface area contributed by atoms with Gasteiger partial charge in [0.1, 0.15) is 36.0 Å². The van der Waals surface area contributed by atoms with E-state index >= 15 is 0 Å². The molecule has 5 atom stereocenters. The number of nitrogens with two attached hydrogens (primary N) is 1. The topological polar surface area (TPSA) is 130 Å². The van der Waals surface area contributed by atoms with Gasteiger partial charge in [-0.15, -0.1) is 0 Å². The maximum Gasteiger partial charge on any atom is 0.165 e. The Morgan fingerprint density at radius 1 is 1.23 bits per heavy atom. The van der Waals surface area contributed by atoms with E-state index in [1.807, 2.05) is 30.3 Å². The van der Waals surface area contributed by atoms with Crippen molar-refractivity contribution < 1.29 is 14.9 Å². The summed E-state index contributed by atoms with van der Waals surface area (Å²) in [5, 5.41) is 26.7. The molecule has 0 amide bonds. The van der Waals surface area contributed by atoms with Crippen molar-refractivity contribution in [3.8, 4) is 0 Å². The highest BCUT2D eigenvalue weighted by Gasteiger charge is 2.44. The van der Waals surface area contributed by atoms with E-state index in [2.05, 4.69) is 20.6 Å². The number of ether oxygens (including phenoxy) is 1. The van der Waals surface area contributed by atoms with Crippen LogP contribution in [-0.4, -0.2) is 51.0 Å². The molecular formula is C17H22N6O3. The van der Waals surface area contributed by atoms with Crippen molar-refractivity contribution in [1.82, 2.24) is 14.9 Å². The van der Waals surface area contributed by atoms with Crippen LogP contribution in [0.3, 0.4) is 0 Å². The van der Waals surface area contributed by atoms with Gasteiger partial charge >= 0.3 is 0 Å². The Balaban J connectivity index is 1.53. The van der Waals surface area contributed by atoms with Crippen LogP contribution >= 0.6 is 0 Å². The monoisotopic (exact) mass is 358 g/mol. The van der Waals surface area contributed by atoms with Gasteiger partial charge in [0.15, 0.2) is 6.23 Å². The van der Waals surface area contributed by atoms with Crippen molar-refractivity contribution in [2.24, 2.45) is 10.7 Å². The fourth-order valence-corrected chi connectivity index (χ4v) is 3.27. The van der Waals surface area contributed by atoms with Gasteiger partial charge in [0.05, 0.1) is 12.7 Å². The Kier molecular flexibility index (Phi) is 4.70. The third-order valence-electron chi connectivity index (χ3n) is 4.69. The Morgan fingerprint density at radius 2 is 2.04 bits per heavy atom. The standard InChI is InChI=1S/C17H22N6O3/c18-6-11-13(24)14(25)17(26-11)23-9-22-12-15(20-8-21-16(12)23)19-7-10-4-2-1-3-5-10/h1-5,8-9,11,13-15,17,19,24-25H,6-7,18H2,(H,20,21)/t11-,13-,14+,15?,17-/m1/s1. The first-order valence-electron chi connectivity index (χ1n) is 8.53. The zero-order valence-corrected chi connectivity index (χ0v) is 14.1. The molecule has 2 aliphatic rings. The Bertz CT molecular complexity index is 780. The predicted octanol–water partition coefficient (Wildman–Crippen LogP) is -0.297. The Labute approximate surface area is 150 Å². The number of benzene rings is 1. The lowest BCUT2D eigenvalue weighted by Gasteiger charge is -2.23. The number of aliphatic hydroxyl groups is 2. The molecule has 6 N–H and O–H groups in total. The minimum absolute atomic E-state index is 0.127. The minimum Gasteiger partial charge on any atom is -0.387 e. The summed E-state index contributed by atoms with van der Waals surface area (Å²) in [7, 11) is 0. The largest absolute Gasteiger partial charge is 0.387 e. The number of aliphatic imine (C=N–C) groups is 1. The first-order valence-corrected chi connectivity index (χ1v) is 8.53. The van der Waals surface area contributed by atoms with Crippen molar-refractivity contribution in [3.05, 3.63) is 47.9 Å². The van der Waals surface area contributed by atoms with Gasteiger partial charge in [0, 0.05) is 13.1 Å². The van der Waals surface area contributed by atoms with Gasteiger partial charge in [-0.25, -0.2) is 9.98 Å². The molecule has 0 radical (unpaired) electrons. The SMILES string of the molecule is NC[C@H]1O[C@@H](n2cnc3c2NC=NC3NCc2ccccc2)[C@@H](O)[C@@H]1O. The van der Waals surface area contributed by atoms with E-state index in [-0.39, 0.29) is 12.7 Å². The molecule has 0 spiro atoms. The molecule has 9 nitrogen and oxygen atoms in total. The number of hydrogen-bond donors (Lipinski definition) is 5. The molecule has 1 aromatic heterocycles. The number of hydrogen-bond acceptors (Lipinski definition) is 8. The maximum absolute atomic E-state index is 10.3. The molecular weight excluding hydrogens is 336 g/mol. The number of anilines is 1. The number of aromatic nitrogens is 2. The number of imidazole rings is 1. The van der Waals surface area contributed by atoms with Crippen LogP contribution in [0.4, 0.5) is 5.82 Å². The number of rotatable bonds is 5. The van der Waals surface area contributed by atoms with Crippen molar-refractivity contribution in [3.63, 3.8) is 0 Å². The summed E-state index contributed by atoms with van der Waals surface area (Å²) in [5.41, 5.74) is 7.43. The summed E-state index contributed by atoms with van der Waals surface area (Å²) in [4.78, 5) is 8.82. The molecule has 4 rings (SSSR count). The molecule has 138 valence electrons. The van der Waals surface area contributed by atoms with E-state index in [0.717, 1.165) is 5.56 Å². The maximum atomic E-state index is 10.3. The van der Waals surface area contributed by atoms with Gasteiger partial charge < -0.3 is 26.0 Å². The van der Waals surface area contributed by atoms with Crippen LogP contribution in [0.5, 0.6) is 0 Å². The summed E-state index contributed by atoms with van der Waals surface area (Å²) in [6, 6.07) is 10.0. The van der Waals surface area contributed by atoms with Crippen molar-refractivity contribution in [2.75, 3.05) is 11.9 Å². The number of aliphatic hydroxyl groups excluding tert-OH is 2. The van der Waals surface area contributed by atoms with Crippen LogP contribution in [0, 0.1) is 0 Å². The Morgan fingerprint density at radius 3 is 2.77 bits per heavy atom. The fraction of sp³-hybridized carbons (Fsp3) is 0.412. The molecule has 0 aliphatic carbocycles. The fourth-order valence-electron chi connectivity index (χ4n) is 3.27. The van der Waals surface area contributed by atoms with Crippen molar-refractivity contribution >= 4 is 12.2 Å². The summed E-state index contributed by atoms with van der Waals surface area (Å²) >= 11 is 0. The summed E-state index contributed by atoms with van der Waals surface area (Å²) in [6.07, 6.45) is -0.655. The molecule has 3 heterocycles. The summed E-state index contributed by atoms with van der Waals surface area (Å²) < 4.78 is 7.37. The average molecular weight is 358 g/mol. The summed E-state index contributed by atoms with van der Waals surface area (Å²) in [6.45, 7) is 0.771. The van der Waals surface area contributed by atoms with E-state index < -0.39 is 24.5 Å². The van der Waals surface area contributed by atoms with E-state index in [0.29, 0.717) is 18.1 Å². The third kappa shape index (κ3) is 3.00. The minimum atomic E-state index is -1.08. The van der Waals surface area contributed by atoms with Crippen LogP contribution < -0.4 is 16.4 Å². The quantitative estimate of drug-likeness (QED) is 0.496. The van der Waals surface area contributed by atoms with Gasteiger partial charge in [0.25, 0.3) is 0 Å². The third-order valence-corrected chi connectivity index (χ3v) is 4.69. The van der Waals surface area contributed by atoms with Crippen molar-refractivity contribution in [2.45, 2.75) is 37.3 Å². The highest BCUT2D eigenvalue weighted by Crippen LogP contribution is 2.35. The van der Waals surface area contributed by atoms with Crippen LogP contribution in [0.15, 0.2) is 41.7 Å². The lowest BCUT2D eigenvalue weighted by molar-refractivity contribution is -0.0331. The molecule has 0 bridgehead atoms. The van der Waals surface area contributed by atoms with E-state index in [4.69, 9.17) is 10.5 Å². The highest BCUT2D eigenvalue weighted by atomic mass is 16.6. The average Bonchev–Trinajstić information content (AvgIpc) is 3.23. The molecule has 1 saturated heterocycles. The van der Waals surface area contributed by atoms with Gasteiger partial charge in [-0.3, -0.25) is 9.88 Å². The first kappa shape index (κ1) is 17.1. The molecule has 0 saturated carbocycles. The molecule has 9 heteroatoms. The van der Waals surface area contributed by atoms with Gasteiger partial charge in [-0.2, -0.15) is 0 Å². The predicted molar refractivity (Wildman–Crippen MR) is 95.3 cm³/mol. The second-order valence-corrected chi connectivity index (χ2v) is 6.36. The van der Waals surface area contributed by atoms with Gasteiger partial charge in [0.2, 0.25) is 0 Å². The second kappa shape index (κ2) is 7.14. The van der Waals surface area contributed by atoms with Crippen LogP contribution in [0.2, 0.25) is 0 Å². The van der Waals surface area contributed by atoms with E-state index in [9.17, 15) is 10.2 Å². The smallest absolute Gasteiger partial charge is 0.165 e. The highest BCUT2D eigenvalue weighted by molar-refractivity contribution is 5.78. The van der Waals surface area contributed by atoms with Crippen LogP contribution in [0.1, 0.15) is 23.7 Å². The van der Waals surface area contributed by atoms with Gasteiger partial charge in [-0.1, -0.05) is 30.3 Å². The van der Waals surface area contributed by atoms with Crippen molar-refractivity contribution in [1.29, 1.82) is 0 Å². The lowest BCUT2D eigenvalue weighted by Crippen LogP contribution is -2.35. The summed E-state index contributed by atoms with van der Waals surface area (Å²) in [5.74, 6) is 0.666. The molecule has 1 aromatic carbocycles. The Hall–Kier alpha value is -2.30. The normalized spacial score (nSPS) is 30.2. The zero-order valence-electron chi connectivity index (χ0n) is 14.1. The van der Waals surface area contributed by atoms with Crippen LogP contribution in [0.25, 0.3) is 0 Å². The van der Waals surface area contributed by atoms with Crippen LogP contribution in [-0.2, 0) is 11.3 Å². The number of nitrogens with zero attached hydrogens (tertiary/aromatic N) is 3. The zero-order chi connectivity index (χ0) is 18.1. The molecule has 1 fully saturated rings. The van der Waals surface area contributed by atoms with E-state index in [1.54, 1.807) is 17.2 Å². The molecule has 26 heavy (non-hydrogen) atoms. The molecule has 2 aliphatic heterocycles. The van der Waals surface area contributed by atoms with Gasteiger partial charge in [-0.05, 0) is 5.56 Å². The lowest BCUT2D eigenvalue weighted by atomic mass is 10.1. The van der Waals surface area contributed by atoms with E-state index in [1.165, 1.54) is 0 Å². The number of fused-ring (bicyclic) bond motifs is 1. The molecule has 1 unspecified atom stereocenters.